The van der Waals surface area contributed by atoms with Crippen LogP contribution in [0.3, 0.4) is 0 Å². The van der Waals surface area contributed by atoms with E-state index in [2.05, 4.69) is 10.4 Å². The van der Waals surface area contributed by atoms with E-state index in [4.69, 9.17) is 4.74 Å². The van der Waals surface area contributed by atoms with E-state index in [1.165, 1.54) is 0 Å². The van der Waals surface area contributed by atoms with E-state index in [0.29, 0.717) is 17.1 Å². The minimum atomic E-state index is -0.308. The Hall–Kier alpha value is -3.28. The number of hydrogen-bond acceptors (Lipinski definition) is 3. The first kappa shape index (κ1) is 17.1. The van der Waals surface area contributed by atoms with Crippen LogP contribution in [0.15, 0.2) is 59.4 Å². The van der Waals surface area contributed by atoms with Gasteiger partial charge in [-0.3, -0.25) is 19.4 Å². The summed E-state index contributed by atoms with van der Waals surface area (Å²) in [4.78, 5) is 24.9. The van der Waals surface area contributed by atoms with Crippen LogP contribution < -0.4 is 15.6 Å². The van der Waals surface area contributed by atoms with Crippen LogP contribution in [0, 0.1) is 0 Å². The number of aromatic amines is 1. The zero-order valence-corrected chi connectivity index (χ0v) is 15.2. The lowest BCUT2D eigenvalue weighted by Gasteiger charge is -2.24. The van der Waals surface area contributed by atoms with E-state index >= 15 is 0 Å². The standard InChI is InChI=1S/C21H21N3O3/c1-13(2)24-20-19(21(26)23-24)17(12-18(25)22-20)14-7-6-10-16(11-14)27-15-8-4-3-5-9-15/h3-11,13,17H,12H2,1-2H3,(H,22,25)(H,23,26)/t17-/m0/s1. The van der Waals surface area contributed by atoms with Crippen LogP contribution in [0.1, 0.15) is 43.4 Å². The van der Waals surface area contributed by atoms with Gasteiger partial charge in [0.15, 0.2) is 0 Å². The molecule has 1 amide bonds. The fourth-order valence-corrected chi connectivity index (χ4v) is 3.48. The molecule has 27 heavy (non-hydrogen) atoms. The molecule has 0 bridgehead atoms. The maximum Gasteiger partial charge on any atom is 0.270 e. The topological polar surface area (TPSA) is 76.1 Å². The molecule has 6 nitrogen and oxygen atoms in total. The number of benzene rings is 2. The third-order valence-electron chi connectivity index (χ3n) is 4.71. The van der Waals surface area contributed by atoms with Gasteiger partial charge in [-0.25, -0.2) is 0 Å². The molecule has 0 saturated heterocycles. The SMILES string of the molecule is CC(C)n1[nH]c(=O)c2c1NC(=O)C[C@H]2c1cccc(Oc2ccccc2)c1. The number of ether oxygens (including phenoxy) is 1. The van der Waals surface area contributed by atoms with Gasteiger partial charge in [-0.05, 0) is 43.7 Å². The largest absolute Gasteiger partial charge is 0.457 e. The van der Waals surface area contributed by atoms with Crippen molar-refractivity contribution in [3.8, 4) is 11.5 Å². The van der Waals surface area contributed by atoms with Crippen molar-refractivity contribution < 1.29 is 9.53 Å². The molecule has 0 fully saturated rings. The molecule has 0 unspecified atom stereocenters. The predicted octanol–water partition coefficient (Wildman–Crippen LogP) is 4.02. The average molecular weight is 363 g/mol. The summed E-state index contributed by atoms with van der Waals surface area (Å²) >= 11 is 0. The Balaban J connectivity index is 1.74. The lowest BCUT2D eigenvalue weighted by atomic mass is 9.87. The van der Waals surface area contributed by atoms with Gasteiger partial charge >= 0.3 is 0 Å². The summed E-state index contributed by atoms with van der Waals surface area (Å²) in [6.45, 7) is 3.92. The lowest BCUT2D eigenvalue weighted by molar-refractivity contribution is -0.116. The van der Waals surface area contributed by atoms with Crippen molar-refractivity contribution in [3.63, 3.8) is 0 Å². The quantitative estimate of drug-likeness (QED) is 0.735. The molecule has 1 aliphatic rings. The molecule has 1 atom stereocenters. The fraction of sp³-hybridized carbons (Fsp3) is 0.238. The second-order valence-corrected chi connectivity index (χ2v) is 6.96. The molecule has 4 rings (SSSR count). The van der Waals surface area contributed by atoms with Gasteiger partial charge in [-0.15, -0.1) is 0 Å². The van der Waals surface area contributed by atoms with Crippen molar-refractivity contribution in [1.29, 1.82) is 0 Å². The van der Waals surface area contributed by atoms with Gasteiger partial charge in [0.25, 0.3) is 5.56 Å². The Bertz CT molecular complexity index is 1030. The molecular formula is C21H21N3O3. The third kappa shape index (κ3) is 3.26. The van der Waals surface area contributed by atoms with Gasteiger partial charge in [-0.2, -0.15) is 0 Å². The Labute approximate surface area is 156 Å². The van der Waals surface area contributed by atoms with Crippen molar-refractivity contribution in [2.45, 2.75) is 32.2 Å². The van der Waals surface area contributed by atoms with Crippen LogP contribution in [-0.2, 0) is 4.79 Å². The van der Waals surface area contributed by atoms with E-state index in [0.717, 1.165) is 11.3 Å². The number of rotatable bonds is 4. The number of carbonyl (C=O) groups excluding carboxylic acids is 1. The summed E-state index contributed by atoms with van der Waals surface area (Å²) in [5, 5.41) is 5.69. The molecule has 2 heterocycles. The molecule has 0 radical (unpaired) electrons. The van der Waals surface area contributed by atoms with Crippen molar-refractivity contribution in [2.24, 2.45) is 0 Å². The number of para-hydroxylation sites is 1. The highest BCUT2D eigenvalue weighted by molar-refractivity contribution is 5.94. The molecule has 3 aromatic rings. The summed E-state index contributed by atoms with van der Waals surface area (Å²) in [6, 6.07) is 17.1. The van der Waals surface area contributed by atoms with Crippen LogP contribution in [0.5, 0.6) is 11.5 Å². The average Bonchev–Trinajstić information content (AvgIpc) is 2.99. The predicted molar refractivity (Wildman–Crippen MR) is 103 cm³/mol. The summed E-state index contributed by atoms with van der Waals surface area (Å²) in [5.41, 5.74) is 1.31. The minimum Gasteiger partial charge on any atom is -0.457 e. The lowest BCUT2D eigenvalue weighted by Crippen LogP contribution is -2.27. The smallest absolute Gasteiger partial charge is 0.270 e. The molecule has 0 aliphatic carbocycles. The molecule has 138 valence electrons. The molecule has 2 aromatic carbocycles. The maximum absolute atomic E-state index is 12.6. The van der Waals surface area contributed by atoms with E-state index < -0.39 is 0 Å². The van der Waals surface area contributed by atoms with E-state index in [-0.39, 0.29) is 29.8 Å². The van der Waals surface area contributed by atoms with Crippen molar-refractivity contribution in [1.82, 2.24) is 9.78 Å². The van der Waals surface area contributed by atoms with E-state index in [1.54, 1.807) is 4.68 Å². The number of anilines is 1. The van der Waals surface area contributed by atoms with Gasteiger partial charge in [0.2, 0.25) is 5.91 Å². The van der Waals surface area contributed by atoms with Crippen molar-refractivity contribution >= 4 is 11.7 Å². The van der Waals surface area contributed by atoms with Crippen molar-refractivity contribution in [3.05, 3.63) is 76.1 Å². The maximum atomic E-state index is 12.6. The second kappa shape index (κ2) is 6.79. The summed E-state index contributed by atoms with van der Waals surface area (Å²) < 4.78 is 7.62. The second-order valence-electron chi connectivity index (χ2n) is 6.96. The minimum absolute atomic E-state index is 0.0354. The van der Waals surface area contributed by atoms with Gasteiger partial charge < -0.3 is 10.1 Å². The van der Waals surface area contributed by atoms with E-state index in [1.807, 2.05) is 68.4 Å². The fourth-order valence-electron chi connectivity index (χ4n) is 3.48. The van der Waals surface area contributed by atoms with Crippen LogP contribution in [-0.4, -0.2) is 15.7 Å². The molecule has 0 spiro atoms. The van der Waals surface area contributed by atoms with Gasteiger partial charge in [0, 0.05) is 18.4 Å². The molecule has 1 aromatic heterocycles. The molecular weight excluding hydrogens is 342 g/mol. The first-order valence-corrected chi connectivity index (χ1v) is 9.00. The number of nitrogens with zero attached hydrogens (tertiary/aromatic N) is 1. The summed E-state index contributed by atoms with van der Waals surface area (Å²) in [5.74, 6) is 1.56. The molecule has 0 saturated carbocycles. The molecule has 2 N–H and O–H groups in total. The van der Waals surface area contributed by atoms with Crippen LogP contribution in [0.4, 0.5) is 5.82 Å². The Morgan fingerprint density at radius 3 is 2.52 bits per heavy atom. The highest BCUT2D eigenvalue weighted by Crippen LogP contribution is 2.37. The first-order valence-electron chi connectivity index (χ1n) is 9.00. The van der Waals surface area contributed by atoms with Crippen LogP contribution in [0.2, 0.25) is 0 Å². The van der Waals surface area contributed by atoms with Gasteiger partial charge in [-0.1, -0.05) is 30.3 Å². The Morgan fingerprint density at radius 1 is 1.04 bits per heavy atom. The zero-order chi connectivity index (χ0) is 19.0. The summed E-state index contributed by atoms with van der Waals surface area (Å²) in [6.07, 6.45) is 0.229. The van der Waals surface area contributed by atoms with Gasteiger partial charge in [0.1, 0.15) is 17.3 Å². The third-order valence-corrected chi connectivity index (χ3v) is 4.71. The number of amides is 1. The number of H-pyrrole nitrogens is 1. The number of fused-ring (bicyclic) bond motifs is 1. The normalized spacial score (nSPS) is 16.1. The van der Waals surface area contributed by atoms with Crippen molar-refractivity contribution in [2.75, 3.05) is 5.32 Å². The number of carbonyl (C=O) groups is 1. The molecule has 1 aliphatic heterocycles. The van der Waals surface area contributed by atoms with Gasteiger partial charge in [0.05, 0.1) is 5.56 Å². The summed E-state index contributed by atoms with van der Waals surface area (Å²) in [7, 11) is 0. The first-order chi connectivity index (χ1) is 13.0. The monoisotopic (exact) mass is 363 g/mol. The number of hydrogen-bond donors (Lipinski definition) is 2. The Kier molecular flexibility index (Phi) is 4.32. The van der Waals surface area contributed by atoms with Crippen LogP contribution in [0.25, 0.3) is 0 Å². The highest BCUT2D eigenvalue weighted by atomic mass is 16.5. The number of aromatic nitrogens is 2. The zero-order valence-electron chi connectivity index (χ0n) is 15.2. The van der Waals surface area contributed by atoms with Crippen LogP contribution >= 0.6 is 0 Å². The molecule has 6 heteroatoms. The Morgan fingerprint density at radius 2 is 1.78 bits per heavy atom. The number of nitrogens with one attached hydrogen (secondary N) is 2. The van der Waals surface area contributed by atoms with E-state index in [9.17, 15) is 9.59 Å². The highest BCUT2D eigenvalue weighted by Gasteiger charge is 2.33.